The zero-order chi connectivity index (χ0) is 32.3. The molecule has 0 aromatic heterocycles. The van der Waals surface area contributed by atoms with E-state index in [2.05, 4.69) is 42.9 Å². The maximum Gasteiger partial charge on any atom is 0.247 e. The molecular weight excluding hydrogens is 650 g/mol. The molecule has 3 aliphatic rings. The number of hydrogen-bond donors (Lipinski definition) is 1. The van der Waals surface area contributed by atoms with Gasteiger partial charge in [0.25, 0.3) is 0 Å². The number of benzene rings is 2. The van der Waals surface area contributed by atoms with Crippen molar-refractivity contribution in [2.45, 2.75) is 66.7 Å². The monoisotopic (exact) mass is 693 g/mol. The predicted octanol–water partition coefficient (Wildman–Crippen LogP) is 5.29. The molecule has 2 aromatic carbocycles. The Balaban J connectivity index is 1.57. The maximum atomic E-state index is 14.9. The summed E-state index contributed by atoms with van der Waals surface area (Å²) in [7, 11) is 0. The van der Waals surface area contributed by atoms with E-state index in [0.717, 1.165) is 11.1 Å². The highest BCUT2D eigenvalue weighted by molar-refractivity contribution is 9.09. The van der Waals surface area contributed by atoms with Crippen molar-refractivity contribution in [3.63, 3.8) is 0 Å². The maximum absolute atomic E-state index is 14.9. The summed E-state index contributed by atoms with van der Waals surface area (Å²) in [6, 6.07) is 18.3. The molecule has 3 heterocycles. The molecule has 5 rings (SSSR count). The molecule has 3 unspecified atom stereocenters. The Bertz CT molecular complexity index is 1390. The van der Waals surface area contributed by atoms with E-state index in [1.807, 2.05) is 60.7 Å². The zero-order valence-corrected chi connectivity index (χ0v) is 28.5. The molecule has 3 fully saturated rings. The summed E-state index contributed by atoms with van der Waals surface area (Å²) in [4.78, 5) is 49.4. The van der Waals surface area contributed by atoms with Gasteiger partial charge in [-0.25, -0.2) is 0 Å². The molecule has 7 nitrogen and oxygen atoms in total. The summed E-state index contributed by atoms with van der Waals surface area (Å²) < 4.78 is -0.805. The molecular formula is C36H44BrN3O4S. The molecule has 0 aliphatic carbocycles. The van der Waals surface area contributed by atoms with E-state index in [1.165, 1.54) is 0 Å². The smallest absolute Gasteiger partial charge is 0.247 e. The Morgan fingerprint density at radius 3 is 2.02 bits per heavy atom. The topological polar surface area (TPSA) is 81.2 Å². The first-order chi connectivity index (χ1) is 21.7. The average Bonchev–Trinajstić information content (AvgIpc) is 3.63. The van der Waals surface area contributed by atoms with Crippen LogP contribution in [0, 0.1) is 17.8 Å². The van der Waals surface area contributed by atoms with E-state index in [1.54, 1.807) is 38.6 Å². The fourth-order valence-electron chi connectivity index (χ4n) is 7.61. The van der Waals surface area contributed by atoms with Gasteiger partial charge in [0.2, 0.25) is 17.7 Å². The molecule has 3 amide bonds. The van der Waals surface area contributed by atoms with Crippen LogP contribution in [0.4, 0.5) is 0 Å². The number of aliphatic hydroxyl groups excluding tert-OH is 1. The number of nitrogens with zero attached hydrogens (tertiary/aromatic N) is 3. The fraction of sp³-hybridized carbons (Fsp3) is 0.472. The highest BCUT2D eigenvalue weighted by Gasteiger charge is 2.76. The second-order valence-corrected chi connectivity index (χ2v) is 15.6. The summed E-state index contributed by atoms with van der Waals surface area (Å²) in [5.41, 5.74) is 1.98. The fourth-order valence-corrected chi connectivity index (χ4v) is 11.2. The van der Waals surface area contributed by atoms with Crippen LogP contribution in [-0.2, 0) is 27.5 Å². The summed E-state index contributed by atoms with van der Waals surface area (Å²) in [5, 5.41) is 10.5. The van der Waals surface area contributed by atoms with Gasteiger partial charge in [0.15, 0.2) is 0 Å². The van der Waals surface area contributed by atoms with Gasteiger partial charge >= 0.3 is 0 Å². The molecule has 9 heteroatoms. The molecule has 3 aliphatic heterocycles. The van der Waals surface area contributed by atoms with Gasteiger partial charge in [0, 0.05) is 36.3 Å². The minimum atomic E-state index is -0.815. The SMILES string of the molecule is C=CCN(Cc1ccccc1)C(=O)C1N([C@@H](CO)CC(C)C)C(=O)[C@@H]2[C@H](C(=O)N(CC=C)Cc3ccccc3)[C@H]3SC12CC3Br. The first kappa shape index (κ1) is 33.5. The van der Waals surface area contributed by atoms with E-state index in [0.29, 0.717) is 39.0 Å². The largest absolute Gasteiger partial charge is 0.394 e. The number of likely N-dealkylation sites (tertiary alicyclic amines) is 1. The predicted molar refractivity (Wildman–Crippen MR) is 183 cm³/mol. The summed E-state index contributed by atoms with van der Waals surface area (Å²) in [5.74, 6) is -1.54. The number of aliphatic hydroxyl groups is 1. The van der Waals surface area contributed by atoms with E-state index in [9.17, 15) is 19.5 Å². The van der Waals surface area contributed by atoms with Gasteiger partial charge in [-0.05, 0) is 29.9 Å². The number of carbonyl (C=O) groups is 3. The standard InChI is InChI=1S/C36H44BrN3O4S/c1-5-17-38(21-25-13-9-7-10-14-25)33(42)29-30-34(43)40(27(23-41)19-24(3)4)32(36(30)20-28(37)31(29)45-36)35(44)39(18-6-2)22-26-15-11-8-12-16-26/h5-16,24,27-32,41H,1-2,17-23H2,3-4H3/t27-,28?,29+,30+,31+,32?,36?/m1/s1. The molecule has 45 heavy (non-hydrogen) atoms. The van der Waals surface area contributed by atoms with Crippen LogP contribution < -0.4 is 0 Å². The van der Waals surface area contributed by atoms with Crippen LogP contribution in [-0.4, -0.2) is 84.1 Å². The molecule has 0 saturated carbocycles. The third kappa shape index (κ3) is 6.41. The lowest BCUT2D eigenvalue weighted by Gasteiger charge is -2.40. The van der Waals surface area contributed by atoms with Gasteiger partial charge in [-0.2, -0.15) is 0 Å². The van der Waals surface area contributed by atoms with Crippen LogP contribution in [0.5, 0.6) is 0 Å². The van der Waals surface area contributed by atoms with Crippen molar-refractivity contribution in [2.75, 3.05) is 19.7 Å². The first-order valence-corrected chi connectivity index (χ1v) is 17.6. The van der Waals surface area contributed by atoms with Gasteiger partial charge in [-0.15, -0.1) is 24.9 Å². The summed E-state index contributed by atoms with van der Waals surface area (Å²) in [6.45, 7) is 13.1. The highest BCUT2D eigenvalue weighted by Crippen LogP contribution is 2.68. The number of alkyl halides is 1. The number of carbonyl (C=O) groups excluding carboxylic acids is 3. The van der Waals surface area contributed by atoms with Crippen molar-refractivity contribution in [3.05, 3.63) is 97.1 Å². The first-order valence-electron chi connectivity index (χ1n) is 15.8. The Kier molecular flexibility index (Phi) is 10.6. The quantitative estimate of drug-likeness (QED) is 0.215. The molecule has 2 aromatic rings. The second-order valence-electron chi connectivity index (χ2n) is 12.9. The van der Waals surface area contributed by atoms with Gasteiger partial charge < -0.3 is 19.8 Å². The van der Waals surface area contributed by atoms with Crippen LogP contribution in [0.15, 0.2) is 86.0 Å². The van der Waals surface area contributed by atoms with Crippen molar-refractivity contribution in [3.8, 4) is 0 Å². The molecule has 7 atom stereocenters. The van der Waals surface area contributed by atoms with Crippen molar-refractivity contribution in [1.29, 1.82) is 0 Å². The van der Waals surface area contributed by atoms with Crippen LogP contribution in [0.1, 0.15) is 37.8 Å². The highest BCUT2D eigenvalue weighted by atomic mass is 79.9. The average molecular weight is 695 g/mol. The van der Waals surface area contributed by atoms with E-state index < -0.39 is 28.7 Å². The molecule has 1 N–H and O–H groups in total. The Morgan fingerprint density at radius 2 is 1.53 bits per heavy atom. The van der Waals surface area contributed by atoms with Crippen LogP contribution >= 0.6 is 27.7 Å². The van der Waals surface area contributed by atoms with E-state index in [-0.39, 0.29) is 40.3 Å². The number of halogens is 1. The van der Waals surface area contributed by atoms with Gasteiger partial charge in [-0.1, -0.05) is 103 Å². The lowest BCUT2D eigenvalue weighted by Crippen LogP contribution is -2.58. The molecule has 3 saturated heterocycles. The molecule has 0 radical (unpaired) electrons. The minimum absolute atomic E-state index is 0.0438. The molecule has 2 bridgehead atoms. The Hall–Kier alpha value is -2.88. The summed E-state index contributed by atoms with van der Waals surface area (Å²) >= 11 is 5.52. The van der Waals surface area contributed by atoms with Crippen molar-refractivity contribution < 1.29 is 19.5 Å². The van der Waals surface area contributed by atoms with Crippen LogP contribution in [0.25, 0.3) is 0 Å². The number of thioether (sulfide) groups is 1. The number of fused-ring (bicyclic) bond motifs is 1. The molecule has 1 spiro atoms. The van der Waals surface area contributed by atoms with Crippen LogP contribution in [0.2, 0.25) is 0 Å². The van der Waals surface area contributed by atoms with Gasteiger partial charge in [0.05, 0.1) is 29.2 Å². The van der Waals surface area contributed by atoms with Crippen molar-refractivity contribution >= 4 is 45.4 Å². The van der Waals surface area contributed by atoms with Gasteiger partial charge in [0.1, 0.15) is 6.04 Å². The van der Waals surface area contributed by atoms with Crippen molar-refractivity contribution in [2.24, 2.45) is 17.8 Å². The Morgan fingerprint density at radius 1 is 1.00 bits per heavy atom. The third-order valence-corrected chi connectivity index (χ3v) is 12.6. The van der Waals surface area contributed by atoms with E-state index in [4.69, 9.17) is 0 Å². The minimum Gasteiger partial charge on any atom is -0.394 e. The van der Waals surface area contributed by atoms with Crippen molar-refractivity contribution in [1.82, 2.24) is 14.7 Å². The summed E-state index contributed by atoms with van der Waals surface area (Å²) in [6.07, 6.45) is 4.57. The van der Waals surface area contributed by atoms with Crippen LogP contribution in [0.3, 0.4) is 0 Å². The zero-order valence-electron chi connectivity index (χ0n) is 26.1. The lowest BCUT2D eigenvalue weighted by molar-refractivity contribution is -0.147. The van der Waals surface area contributed by atoms with Gasteiger partial charge in [-0.3, -0.25) is 14.4 Å². The Labute approximate surface area is 279 Å². The normalized spacial score (nSPS) is 27.4. The third-order valence-electron chi connectivity index (χ3n) is 9.35. The van der Waals surface area contributed by atoms with E-state index >= 15 is 0 Å². The number of amides is 3. The number of rotatable bonds is 14. The second kappa shape index (κ2) is 14.3. The molecule has 240 valence electrons. The number of hydrogen-bond acceptors (Lipinski definition) is 5. The lowest BCUT2D eigenvalue weighted by atomic mass is 9.70.